The van der Waals surface area contributed by atoms with Crippen molar-refractivity contribution in [2.45, 2.75) is 13.8 Å². The largest absolute Gasteiger partial charge is 0.454 e. The summed E-state index contributed by atoms with van der Waals surface area (Å²) < 4.78 is 6.64. The van der Waals surface area contributed by atoms with Crippen LogP contribution < -0.4 is 0 Å². The van der Waals surface area contributed by atoms with Crippen LogP contribution in [0.1, 0.15) is 24.2 Å². The summed E-state index contributed by atoms with van der Waals surface area (Å²) in [6.07, 6.45) is 1.60. The molecule has 1 aromatic heterocycles. The Morgan fingerprint density at radius 3 is 2.52 bits per heavy atom. The molecule has 1 heterocycles. The van der Waals surface area contributed by atoms with Crippen LogP contribution in [0.5, 0.6) is 0 Å². The van der Waals surface area contributed by atoms with E-state index in [-0.39, 0.29) is 18.3 Å². The predicted molar refractivity (Wildman–Crippen MR) is 78.8 cm³/mol. The lowest BCUT2D eigenvalue weighted by molar-refractivity contribution is -0.125. The summed E-state index contributed by atoms with van der Waals surface area (Å²) >= 11 is 0. The zero-order valence-corrected chi connectivity index (χ0v) is 12.4. The highest BCUT2D eigenvalue weighted by Crippen LogP contribution is 2.22. The fraction of sp³-hybridized carbons (Fsp3) is 0.312. The fourth-order valence-electron chi connectivity index (χ4n) is 1.83. The molecule has 0 fully saturated rings. The number of rotatable bonds is 5. The third kappa shape index (κ3) is 3.56. The molecule has 0 atom stereocenters. The van der Waals surface area contributed by atoms with Crippen LogP contribution >= 0.6 is 0 Å². The van der Waals surface area contributed by atoms with E-state index in [0.29, 0.717) is 11.3 Å². The van der Waals surface area contributed by atoms with E-state index in [1.54, 1.807) is 31.8 Å². The normalized spacial score (nSPS) is 10.7. The minimum atomic E-state index is -0.532. The quantitative estimate of drug-likeness (QED) is 0.792. The second-order valence-electron chi connectivity index (χ2n) is 5.13. The first kappa shape index (κ1) is 15.0. The van der Waals surface area contributed by atoms with Gasteiger partial charge in [0.2, 0.25) is 0 Å². The first-order valence-corrected chi connectivity index (χ1v) is 6.78. The zero-order chi connectivity index (χ0) is 15.4. The number of ketones is 1. The molecule has 2 rings (SSSR count). The van der Waals surface area contributed by atoms with Crippen LogP contribution in [0.3, 0.4) is 0 Å². The van der Waals surface area contributed by atoms with E-state index in [9.17, 15) is 9.59 Å². The molecule has 0 radical (unpaired) electrons. The predicted octanol–water partition coefficient (Wildman–Crippen LogP) is 2.47. The molecule has 0 bridgehead atoms. The molecule has 110 valence electrons. The number of aromatic nitrogens is 2. The molecule has 1 aromatic carbocycles. The summed E-state index contributed by atoms with van der Waals surface area (Å²) in [5.74, 6) is -0.787. The topological polar surface area (TPSA) is 61.2 Å². The lowest BCUT2D eigenvalue weighted by Gasteiger charge is -2.06. The average Bonchev–Trinajstić information content (AvgIpc) is 2.87. The molecule has 0 amide bonds. The minimum Gasteiger partial charge on any atom is -0.454 e. The molecule has 0 N–H and O–H groups in total. The fourth-order valence-corrected chi connectivity index (χ4v) is 1.83. The Morgan fingerprint density at radius 1 is 1.24 bits per heavy atom. The second kappa shape index (κ2) is 6.35. The van der Waals surface area contributed by atoms with Crippen LogP contribution in [-0.4, -0.2) is 28.1 Å². The Morgan fingerprint density at radius 2 is 1.90 bits per heavy atom. The van der Waals surface area contributed by atoms with Gasteiger partial charge in [-0.1, -0.05) is 44.2 Å². The van der Waals surface area contributed by atoms with Gasteiger partial charge in [-0.05, 0) is 0 Å². The Balaban J connectivity index is 2.20. The Kier molecular flexibility index (Phi) is 4.52. The smallest absolute Gasteiger partial charge is 0.342 e. The molecule has 0 saturated heterocycles. The number of nitrogens with zero attached hydrogens (tertiary/aromatic N) is 2. The Hall–Kier alpha value is -2.43. The third-order valence-corrected chi connectivity index (χ3v) is 3.09. The summed E-state index contributed by atoms with van der Waals surface area (Å²) in [5, 5.41) is 4.30. The highest BCUT2D eigenvalue weighted by molar-refractivity contribution is 5.97. The van der Waals surface area contributed by atoms with E-state index >= 15 is 0 Å². The number of hydrogen-bond acceptors (Lipinski definition) is 4. The lowest BCUT2D eigenvalue weighted by Crippen LogP contribution is -2.18. The van der Waals surface area contributed by atoms with E-state index in [2.05, 4.69) is 5.10 Å². The summed E-state index contributed by atoms with van der Waals surface area (Å²) in [6.45, 7) is 3.34. The molecule has 0 aliphatic carbocycles. The molecule has 5 heteroatoms. The number of hydrogen-bond donors (Lipinski definition) is 0. The van der Waals surface area contributed by atoms with Gasteiger partial charge in [-0.3, -0.25) is 9.48 Å². The summed E-state index contributed by atoms with van der Waals surface area (Å²) in [4.78, 5) is 23.7. The van der Waals surface area contributed by atoms with Gasteiger partial charge in [0.05, 0.1) is 0 Å². The van der Waals surface area contributed by atoms with Crippen molar-refractivity contribution in [1.82, 2.24) is 9.78 Å². The van der Waals surface area contributed by atoms with Gasteiger partial charge in [0.25, 0.3) is 0 Å². The molecule has 0 aliphatic rings. The number of carbonyl (C=O) groups is 2. The van der Waals surface area contributed by atoms with Crippen LogP contribution in [-0.2, 0) is 16.6 Å². The van der Waals surface area contributed by atoms with E-state index in [1.807, 2.05) is 30.3 Å². The highest BCUT2D eigenvalue weighted by Gasteiger charge is 2.19. The molecule has 0 spiro atoms. The van der Waals surface area contributed by atoms with E-state index in [4.69, 9.17) is 4.74 Å². The third-order valence-electron chi connectivity index (χ3n) is 3.09. The Bertz CT molecular complexity index is 645. The molecular weight excluding hydrogens is 268 g/mol. The standard InChI is InChI=1S/C16H18N2O3/c1-11(2)14(19)10-21-16(20)13-9-18(3)17-15(13)12-7-5-4-6-8-12/h4-9,11H,10H2,1-3H3. The zero-order valence-electron chi connectivity index (χ0n) is 12.4. The van der Waals surface area contributed by atoms with Gasteiger partial charge in [-0.15, -0.1) is 0 Å². The van der Waals surface area contributed by atoms with Crippen molar-refractivity contribution in [3.8, 4) is 11.3 Å². The number of aryl methyl sites for hydroxylation is 1. The number of carbonyl (C=O) groups excluding carboxylic acids is 2. The maximum Gasteiger partial charge on any atom is 0.342 e. The molecular formula is C16H18N2O3. The van der Waals surface area contributed by atoms with Crippen LogP contribution in [0, 0.1) is 5.92 Å². The number of Topliss-reactive ketones (excluding diaryl/α,β-unsaturated/α-hetero) is 1. The molecule has 21 heavy (non-hydrogen) atoms. The van der Waals surface area contributed by atoms with Crippen molar-refractivity contribution in [3.05, 3.63) is 42.1 Å². The van der Waals surface area contributed by atoms with Gasteiger partial charge in [0.15, 0.2) is 12.4 Å². The van der Waals surface area contributed by atoms with Gasteiger partial charge in [0, 0.05) is 24.7 Å². The first-order chi connectivity index (χ1) is 9.99. The van der Waals surface area contributed by atoms with E-state index in [0.717, 1.165) is 5.56 Å². The maximum atomic E-state index is 12.2. The summed E-state index contributed by atoms with van der Waals surface area (Å²) in [5.41, 5.74) is 1.75. The van der Waals surface area contributed by atoms with E-state index < -0.39 is 5.97 Å². The molecule has 0 saturated carbocycles. The van der Waals surface area contributed by atoms with Crippen molar-refractivity contribution in [1.29, 1.82) is 0 Å². The van der Waals surface area contributed by atoms with Crippen molar-refractivity contribution in [3.63, 3.8) is 0 Å². The minimum absolute atomic E-state index is 0.103. The number of ether oxygens (including phenoxy) is 1. The van der Waals surface area contributed by atoms with Gasteiger partial charge in [0.1, 0.15) is 11.3 Å². The van der Waals surface area contributed by atoms with Crippen LogP contribution in [0.2, 0.25) is 0 Å². The molecule has 5 nitrogen and oxygen atoms in total. The summed E-state index contributed by atoms with van der Waals surface area (Å²) in [7, 11) is 1.74. The van der Waals surface area contributed by atoms with Crippen LogP contribution in [0.15, 0.2) is 36.5 Å². The van der Waals surface area contributed by atoms with Gasteiger partial charge < -0.3 is 4.74 Å². The van der Waals surface area contributed by atoms with Crippen molar-refractivity contribution in [2.75, 3.05) is 6.61 Å². The maximum absolute atomic E-state index is 12.2. The Labute approximate surface area is 123 Å². The van der Waals surface area contributed by atoms with Crippen molar-refractivity contribution >= 4 is 11.8 Å². The SMILES string of the molecule is CC(C)C(=O)COC(=O)c1cn(C)nc1-c1ccccc1. The molecule has 0 unspecified atom stereocenters. The highest BCUT2D eigenvalue weighted by atomic mass is 16.5. The first-order valence-electron chi connectivity index (χ1n) is 6.78. The van der Waals surface area contributed by atoms with E-state index in [1.165, 1.54) is 0 Å². The monoisotopic (exact) mass is 286 g/mol. The summed E-state index contributed by atoms with van der Waals surface area (Å²) in [6, 6.07) is 9.39. The number of benzene rings is 1. The second-order valence-corrected chi connectivity index (χ2v) is 5.13. The van der Waals surface area contributed by atoms with Gasteiger partial charge >= 0.3 is 5.97 Å². The van der Waals surface area contributed by atoms with Crippen molar-refractivity contribution in [2.24, 2.45) is 13.0 Å². The molecule has 2 aromatic rings. The number of esters is 1. The average molecular weight is 286 g/mol. The van der Waals surface area contributed by atoms with Crippen LogP contribution in [0.4, 0.5) is 0 Å². The van der Waals surface area contributed by atoms with Gasteiger partial charge in [-0.25, -0.2) is 4.79 Å². The van der Waals surface area contributed by atoms with Crippen molar-refractivity contribution < 1.29 is 14.3 Å². The van der Waals surface area contributed by atoms with Gasteiger partial charge in [-0.2, -0.15) is 5.10 Å². The lowest BCUT2D eigenvalue weighted by atomic mass is 10.1. The van der Waals surface area contributed by atoms with Crippen LogP contribution in [0.25, 0.3) is 11.3 Å². The molecule has 0 aliphatic heterocycles.